The molecule has 1 atom stereocenters. The largest absolute Gasteiger partial charge is 0.484 e. The fraction of sp³-hybridized carbons (Fsp3) is 0.308. The minimum atomic E-state index is -0.625. The van der Waals surface area contributed by atoms with Crippen LogP contribution in [0, 0.1) is 5.92 Å². The molecule has 2 amide bonds. The van der Waals surface area contributed by atoms with E-state index in [0.717, 1.165) is 16.9 Å². The Morgan fingerprint density at radius 3 is 2.43 bits per heavy atom. The van der Waals surface area contributed by atoms with E-state index in [1.165, 1.54) is 6.33 Å². The maximum absolute atomic E-state index is 12.8. The van der Waals surface area contributed by atoms with Crippen LogP contribution < -0.4 is 26.0 Å². The van der Waals surface area contributed by atoms with Gasteiger partial charge in [0, 0.05) is 30.1 Å². The molecule has 35 heavy (non-hydrogen) atoms. The smallest absolute Gasteiger partial charge is 0.258 e. The summed E-state index contributed by atoms with van der Waals surface area (Å²) in [5.74, 6) is 1.47. The standard InChI is InChI=1S/C26H30N6O3/c1-17(2)11-22-26(34)27-10-9-18-5-3-6-19(12-18)30-23-14-24(29-16-28-23)31-20-7-4-8-21(13-20)35-15-25(33)32-22/h3-8,12-14,16-17,22H,9-11,15H2,1-2H3,(H,27,34)(H,32,33)(H2,28,29,30,31). The van der Waals surface area contributed by atoms with Crippen LogP contribution in [0.4, 0.5) is 23.0 Å². The van der Waals surface area contributed by atoms with Crippen LogP contribution in [0.1, 0.15) is 25.8 Å². The van der Waals surface area contributed by atoms with Gasteiger partial charge in [0.2, 0.25) is 5.91 Å². The maximum Gasteiger partial charge on any atom is 0.258 e. The lowest BCUT2D eigenvalue weighted by molar-refractivity contribution is -0.130. The van der Waals surface area contributed by atoms with Gasteiger partial charge in [-0.15, -0.1) is 0 Å². The topological polar surface area (TPSA) is 117 Å². The van der Waals surface area contributed by atoms with Crippen LogP contribution in [0.2, 0.25) is 0 Å². The van der Waals surface area contributed by atoms with Crippen molar-refractivity contribution in [3.63, 3.8) is 0 Å². The van der Waals surface area contributed by atoms with Gasteiger partial charge < -0.3 is 26.0 Å². The number of hydrogen-bond donors (Lipinski definition) is 4. The number of hydrogen-bond acceptors (Lipinski definition) is 7. The second kappa shape index (κ2) is 11.3. The number of rotatable bonds is 2. The number of anilines is 4. The molecule has 6 bridgehead atoms. The van der Waals surface area contributed by atoms with Crippen molar-refractivity contribution in [2.75, 3.05) is 23.8 Å². The quantitative estimate of drug-likeness (QED) is 0.449. The number of aromatic nitrogens is 2. The van der Waals surface area contributed by atoms with Gasteiger partial charge in [0.1, 0.15) is 29.8 Å². The van der Waals surface area contributed by atoms with Crippen molar-refractivity contribution in [3.05, 3.63) is 66.5 Å². The minimum Gasteiger partial charge on any atom is -0.484 e. The van der Waals surface area contributed by atoms with Crippen LogP contribution in [-0.2, 0) is 16.0 Å². The minimum absolute atomic E-state index is 0.195. The van der Waals surface area contributed by atoms with Crippen molar-refractivity contribution < 1.29 is 14.3 Å². The van der Waals surface area contributed by atoms with Crippen LogP contribution in [0.25, 0.3) is 0 Å². The fourth-order valence-electron chi connectivity index (χ4n) is 3.80. The highest BCUT2D eigenvalue weighted by molar-refractivity contribution is 5.88. The van der Waals surface area contributed by atoms with Crippen molar-refractivity contribution in [3.8, 4) is 5.75 Å². The van der Waals surface area contributed by atoms with Gasteiger partial charge in [-0.2, -0.15) is 0 Å². The molecule has 1 aliphatic rings. The van der Waals surface area contributed by atoms with E-state index in [-0.39, 0.29) is 24.3 Å². The Hall–Kier alpha value is -4.14. The lowest BCUT2D eigenvalue weighted by Gasteiger charge is -2.20. The van der Waals surface area contributed by atoms with Crippen LogP contribution in [0.15, 0.2) is 60.9 Å². The van der Waals surface area contributed by atoms with E-state index in [4.69, 9.17) is 4.74 Å². The van der Waals surface area contributed by atoms with Crippen LogP contribution in [0.5, 0.6) is 5.75 Å². The average molecular weight is 475 g/mol. The number of carbonyl (C=O) groups is 2. The normalized spacial score (nSPS) is 16.7. The summed E-state index contributed by atoms with van der Waals surface area (Å²) < 4.78 is 5.68. The molecule has 9 nitrogen and oxygen atoms in total. The third kappa shape index (κ3) is 7.17. The molecular weight excluding hydrogens is 444 g/mol. The molecule has 0 spiro atoms. The third-order valence-corrected chi connectivity index (χ3v) is 5.41. The van der Waals surface area contributed by atoms with E-state index < -0.39 is 6.04 Å². The second-order valence-corrected chi connectivity index (χ2v) is 8.85. The van der Waals surface area contributed by atoms with Gasteiger partial charge in [0.15, 0.2) is 6.61 Å². The Morgan fingerprint density at radius 2 is 1.69 bits per heavy atom. The molecule has 0 radical (unpaired) electrons. The zero-order valence-electron chi connectivity index (χ0n) is 19.9. The molecule has 0 aliphatic carbocycles. The molecule has 1 aliphatic heterocycles. The molecule has 0 fully saturated rings. The molecule has 2 heterocycles. The third-order valence-electron chi connectivity index (χ3n) is 5.41. The number of amides is 2. The van der Waals surface area contributed by atoms with Crippen molar-refractivity contribution in [2.45, 2.75) is 32.7 Å². The summed E-state index contributed by atoms with van der Waals surface area (Å²) in [5, 5.41) is 12.3. The summed E-state index contributed by atoms with van der Waals surface area (Å²) in [7, 11) is 0. The maximum atomic E-state index is 12.8. The van der Waals surface area contributed by atoms with E-state index in [1.807, 2.05) is 50.2 Å². The van der Waals surface area contributed by atoms with Gasteiger partial charge in [-0.05, 0) is 48.6 Å². The van der Waals surface area contributed by atoms with E-state index in [0.29, 0.717) is 36.8 Å². The Morgan fingerprint density at radius 1 is 0.971 bits per heavy atom. The summed E-state index contributed by atoms with van der Waals surface area (Å²) in [4.78, 5) is 34.0. The molecule has 0 saturated heterocycles. The molecule has 9 heteroatoms. The van der Waals surface area contributed by atoms with Gasteiger partial charge in [-0.25, -0.2) is 9.97 Å². The van der Waals surface area contributed by atoms with Crippen LogP contribution >= 0.6 is 0 Å². The van der Waals surface area contributed by atoms with E-state index in [9.17, 15) is 9.59 Å². The first kappa shape index (κ1) is 24.0. The summed E-state index contributed by atoms with van der Waals surface area (Å²) >= 11 is 0. The predicted molar refractivity (Wildman–Crippen MR) is 135 cm³/mol. The lowest BCUT2D eigenvalue weighted by atomic mass is 10.0. The molecule has 2 aromatic carbocycles. The Bertz CT molecular complexity index is 1180. The van der Waals surface area contributed by atoms with Gasteiger partial charge in [-0.3, -0.25) is 9.59 Å². The first-order valence-electron chi connectivity index (χ1n) is 11.7. The Balaban J connectivity index is 1.59. The second-order valence-electron chi connectivity index (χ2n) is 8.85. The van der Waals surface area contributed by atoms with E-state index in [2.05, 4.69) is 31.2 Å². The number of benzene rings is 2. The van der Waals surface area contributed by atoms with Gasteiger partial charge in [-0.1, -0.05) is 32.0 Å². The number of ether oxygens (including phenoxy) is 1. The lowest BCUT2D eigenvalue weighted by Crippen LogP contribution is -2.49. The number of nitrogens with zero attached hydrogens (tertiary/aromatic N) is 2. The van der Waals surface area contributed by atoms with E-state index in [1.54, 1.807) is 18.2 Å². The number of carbonyl (C=O) groups excluding carboxylic acids is 2. The molecule has 4 N–H and O–H groups in total. The van der Waals surface area contributed by atoms with Crippen molar-refractivity contribution in [1.29, 1.82) is 0 Å². The first-order chi connectivity index (χ1) is 16.9. The molecule has 182 valence electrons. The molecule has 1 aromatic heterocycles. The highest BCUT2D eigenvalue weighted by atomic mass is 16.5. The van der Waals surface area contributed by atoms with Crippen molar-refractivity contribution in [1.82, 2.24) is 20.6 Å². The summed E-state index contributed by atoms with van der Waals surface area (Å²) in [5.41, 5.74) is 2.70. The summed E-state index contributed by atoms with van der Waals surface area (Å²) in [6.07, 6.45) is 2.67. The number of nitrogens with one attached hydrogen (secondary N) is 4. The van der Waals surface area contributed by atoms with Crippen molar-refractivity contribution in [2.24, 2.45) is 5.92 Å². The zero-order chi connectivity index (χ0) is 24.6. The SMILES string of the molecule is CC(C)CC1NC(=O)COc2cccc(c2)Nc2cc(ncn2)Nc2cccc(c2)CCNC1=O. The molecule has 3 aromatic rings. The van der Waals surface area contributed by atoms with Gasteiger partial charge in [0.25, 0.3) is 5.91 Å². The van der Waals surface area contributed by atoms with Crippen molar-refractivity contribution >= 4 is 34.8 Å². The highest BCUT2D eigenvalue weighted by Gasteiger charge is 2.22. The molecule has 0 saturated carbocycles. The summed E-state index contributed by atoms with van der Waals surface area (Å²) in [6, 6.07) is 16.4. The van der Waals surface area contributed by atoms with Crippen LogP contribution in [-0.4, -0.2) is 41.0 Å². The van der Waals surface area contributed by atoms with E-state index >= 15 is 0 Å². The summed E-state index contributed by atoms with van der Waals surface area (Å²) in [6.45, 7) is 4.30. The predicted octanol–water partition coefficient (Wildman–Crippen LogP) is 3.55. The number of fused-ring (bicyclic) bond motifs is 6. The average Bonchev–Trinajstić information content (AvgIpc) is 2.82. The van der Waals surface area contributed by atoms with Gasteiger partial charge >= 0.3 is 0 Å². The monoisotopic (exact) mass is 474 g/mol. The highest BCUT2D eigenvalue weighted by Crippen LogP contribution is 2.23. The fourth-order valence-corrected chi connectivity index (χ4v) is 3.80. The molecular formula is C26H30N6O3. The van der Waals surface area contributed by atoms with Crippen LogP contribution in [0.3, 0.4) is 0 Å². The Labute approximate surface area is 204 Å². The van der Waals surface area contributed by atoms with Gasteiger partial charge in [0.05, 0.1) is 0 Å². The Kier molecular flexibility index (Phi) is 7.77. The zero-order valence-corrected chi connectivity index (χ0v) is 19.9. The molecule has 1 unspecified atom stereocenters. The first-order valence-corrected chi connectivity index (χ1v) is 11.7. The molecule has 4 rings (SSSR count).